The summed E-state index contributed by atoms with van der Waals surface area (Å²) in [6, 6.07) is 4.35. The molecule has 9 heteroatoms. The summed E-state index contributed by atoms with van der Waals surface area (Å²) in [4.78, 5) is 23.7. The van der Waals surface area contributed by atoms with Crippen molar-refractivity contribution >= 4 is 33.5 Å². The van der Waals surface area contributed by atoms with Crippen molar-refractivity contribution in [1.82, 2.24) is 10.0 Å². The molecule has 1 amide bonds. The van der Waals surface area contributed by atoms with E-state index in [-0.39, 0.29) is 16.9 Å². The lowest BCUT2D eigenvalue weighted by atomic mass is 10.1. The molecule has 25 heavy (non-hydrogen) atoms. The number of rotatable bonds is 8. The van der Waals surface area contributed by atoms with Crippen LogP contribution in [0, 0.1) is 5.92 Å². The number of benzene rings is 1. The van der Waals surface area contributed by atoms with Gasteiger partial charge in [0.05, 0.1) is 4.90 Å². The van der Waals surface area contributed by atoms with Gasteiger partial charge >= 0.3 is 5.97 Å². The molecule has 0 saturated carbocycles. The van der Waals surface area contributed by atoms with Gasteiger partial charge in [-0.25, -0.2) is 8.42 Å². The Balaban J connectivity index is 2.80. The van der Waals surface area contributed by atoms with Gasteiger partial charge in [-0.15, -0.1) is 0 Å². The Kier molecular flexibility index (Phi) is 7.85. The van der Waals surface area contributed by atoms with Gasteiger partial charge in [0.1, 0.15) is 6.04 Å². The second-order valence-electron chi connectivity index (χ2n) is 6.13. The summed E-state index contributed by atoms with van der Waals surface area (Å²) >= 11 is 5.75. The molecule has 7 nitrogen and oxygen atoms in total. The molecule has 0 fully saturated rings. The van der Waals surface area contributed by atoms with Crippen LogP contribution in [0.1, 0.15) is 27.7 Å². The minimum atomic E-state index is -3.93. The Morgan fingerprint density at radius 3 is 2.16 bits per heavy atom. The molecule has 0 aliphatic rings. The summed E-state index contributed by atoms with van der Waals surface area (Å²) in [5.41, 5.74) is 0. The minimum Gasteiger partial charge on any atom is -0.454 e. The van der Waals surface area contributed by atoms with Crippen molar-refractivity contribution in [3.63, 3.8) is 0 Å². The molecule has 0 aliphatic heterocycles. The first kappa shape index (κ1) is 21.4. The SMILES string of the molecule is CC(C)NC(=O)COC(=O)[C@@H](NS(=O)(=O)c1ccc(Cl)cc1)C(C)C. The molecular weight excluding hydrogens is 368 g/mol. The number of esters is 1. The Labute approximate surface area is 153 Å². The molecule has 0 unspecified atom stereocenters. The Morgan fingerprint density at radius 2 is 1.68 bits per heavy atom. The number of carbonyl (C=O) groups is 2. The van der Waals surface area contributed by atoms with Crippen LogP contribution in [0.15, 0.2) is 29.2 Å². The molecule has 0 aromatic heterocycles. The van der Waals surface area contributed by atoms with Gasteiger partial charge in [-0.3, -0.25) is 9.59 Å². The first-order valence-corrected chi connectivity index (χ1v) is 9.63. The average molecular weight is 391 g/mol. The van der Waals surface area contributed by atoms with Gasteiger partial charge in [0, 0.05) is 11.1 Å². The van der Waals surface area contributed by atoms with Crippen LogP contribution >= 0.6 is 11.6 Å². The highest BCUT2D eigenvalue weighted by molar-refractivity contribution is 7.89. The van der Waals surface area contributed by atoms with Crippen molar-refractivity contribution in [2.45, 2.75) is 44.7 Å². The van der Waals surface area contributed by atoms with Crippen LogP contribution in [0.4, 0.5) is 0 Å². The number of sulfonamides is 1. The Hall–Kier alpha value is -1.64. The third-order valence-electron chi connectivity index (χ3n) is 3.12. The van der Waals surface area contributed by atoms with Crippen molar-refractivity contribution in [3.8, 4) is 0 Å². The number of ether oxygens (including phenoxy) is 1. The van der Waals surface area contributed by atoms with E-state index in [1.54, 1.807) is 27.7 Å². The van der Waals surface area contributed by atoms with E-state index in [9.17, 15) is 18.0 Å². The summed E-state index contributed by atoms with van der Waals surface area (Å²) in [5.74, 6) is -1.64. The molecule has 0 heterocycles. The largest absolute Gasteiger partial charge is 0.454 e. The maximum absolute atomic E-state index is 12.4. The summed E-state index contributed by atoms with van der Waals surface area (Å²) in [6.07, 6.45) is 0. The fraction of sp³-hybridized carbons (Fsp3) is 0.500. The zero-order valence-corrected chi connectivity index (χ0v) is 16.1. The maximum Gasteiger partial charge on any atom is 0.324 e. The summed E-state index contributed by atoms with van der Waals surface area (Å²) in [5, 5.41) is 2.98. The predicted octanol–water partition coefficient (Wildman–Crippen LogP) is 1.71. The van der Waals surface area contributed by atoms with Crippen LogP contribution in [-0.4, -0.2) is 39.0 Å². The lowest BCUT2D eigenvalue weighted by Gasteiger charge is -2.21. The molecule has 140 valence electrons. The molecule has 0 aliphatic carbocycles. The zero-order valence-electron chi connectivity index (χ0n) is 14.6. The first-order chi connectivity index (χ1) is 11.5. The quantitative estimate of drug-likeness (QED) is 0.658. The van der Waals surface area contributed by atoms with E-state index in [1.807, 2.05) is 0 Å². The highest BCUT2D eigenvalue weighted by Gasteiger charge is 2.30. The van der Waals surface area contributed by atoms with Gasteiger partial charge in [-0.1, -0.05) is 25.4 Å². The predicted molar refractivity (Wildman–Crippen MR) is 94.6 cm³/mol. The lowest BCUT2D eigenvalue weighted by Crippen LogP contribution is -2.46. The van der Waals surface area contributed by atoms with Gasteiger partial charge in [-0.05, 0) is 44.0 Å². The van der Waals surface area contributed by atoms with E-state index in [1.165, 1.54) is 24.3 Å². The topological polar surface area (TPSA) is 102 Å². The zero-order chi connectivity index (χ0) is 19.2. The molecule has 0 spiro atoms. The van der Waals surface area contributed by atoms with Crippen LogP contribution < -0.4 is 10.0 Å². The molecular formula is C16H23ClN2O5S. The van der Waals surface area contributed by atoms with Crippen molar-refractivity contribution < 1.29 is 22.7 Å². The number of amides is 1. The fourth-order valence-electron chi connectivity index (χ4n) is 1.90. The Morgan fingerprint density at radius 1 is 1.12 bits per heavy atom. The van der Waals surface area contributed by atoms with Crippen LogP contribution in [0.2, 0.25) is 5.02 Å². The summed E-state index contributed by atoms with van der Waals surface area (Å²) in [7, 11) is -3.93. The first-order valence-electron chi connectivity index (χ1n) is 7.77. The number of hydrogen-bond donors (Lipinski definition) is 2. The number of hydrogen-bond acceptors (Lipinski definition) is 5. The molecule has 1 aromatic rings. The van der Waals surface area contributed by atoms with Crippen molar-refractivity contribution in [3.05, 3.63) is 29.3 Å². The van der Waals surface area contributed by atoms with Gasteiger partial charge in [0.25, 0.3) is 5.91 Å². The van der Waals surface area contributed by atoms with Crippen LogP contribution in [0.3, 0.4) is 0 Å². The fourth-order valence-corrected chi connectivity index (χ4v) is 3.35. The van der Waals surface area contributed by atoms with Crippen LogP contribution in [-0.2, 0) is 24.3 Å². The molecule has 2 N–H and O–H groups in total. The van der Waals surface area contributed by atoms with Crippen LogP contribution in [0.25, 0.3) is 0 Å². The van der Waals surface area contributed by atoms with Crippen molar-refractivity contribution in [1.29, 1.82) is 0 Å². The van der Waals surface area contributed by atoms with Crippen molar-refractivity contribution in [2.75, 3.05) is 6.61 Å². The molecule has 1 aromatic carbocycles. The molecule has 0 radical (unpaired) electrons. The normalized spacial score (nSPS) is 12.9. The average Bonchev–Trinajstić information content (AvgIpc) is 2.50. The molecule has 0 saturated heterocycles. The monoisotopic (exact) mass is 390 g/mol. The number of nitrogens with one attached hydrogen (secondary N) is 2. The minimum absolute atomic E-state index is 0.0205. The smallest absolute Gasteiger partial charge is 0.324 e. The summed E-state index contributed by atoms with van der Waals surface area (Å²) < 4.78 is 32.1. The van der Waals surface area contributed by atoms with Gasteiger partial charge < -0.3 is 10.1 Å². The highest BCUT2D eigenvalue weighted by atomic mass is 35.5. The number of carbonyl (C=O) groups excluding carboxylic acids is 2. The number of halogens is 1. The third kappa shape index (κ3) is 7.01. The van der Waals surface area contributed by atoms with E-state index in [4.69, 9.17) is 16.3 Å². The summed E-state index contributed by atoms with van der Waals surface area (Å²) in [6.45, 7) is 6.42. The van der Waals surface area contributed by atoms with E-state index >= 15 is 0 Å². The van der Waals surface area contributed by atoms with E-state index in [2.05, 4.69) is 10.0 Å². The van der Waals surface area contributed by atoms with Gasteiger partial charge in [-0.2, -0.15) is 4.72 Å². The maximum atomic E-state index is 12.4. The van der Waals surface area contributed by atoms with Gasteiger partial charge in [0.15, 0.2) is 6.61 Å². The standard InChI is InChI=1S/C16H23ClN2O5S/c1-10(2)15(16(21)24-9-14(20)18-11(3)4)19-25(22,23)13-7-5-12(17)6-8-13/h5-8,10-11,15,19H,9H2,1-4H3,(H,18,20)/t15-/m0/s1. The van der Waals surface area contributed by atoms with Gasteiger partial charge in [0.2, 0.25) is 10.0 Å². The molecule has 0 bridgehead atoms. The Bertz CT molecular complexity index is 702. The van der Waals surface area contributed by atoms with E-state index in [0.29, 0.717) is 5.02 Å². The van der Waals surface area contributed by atoms with E-state index < -0.39 is 34.5 Å². The highest BCUT2D eigenvalue weighted by Crippen LogP contribution is 2.16. The van der Waals surface area contributed by atoms with Crippen molar-refractivity contribution in [2.24, 2.45) is 5.92 Å². The van der Waals surface area contributed by atoms with Crippen LogP contribution in [0.5, 0.6) is 0 Å². The third-order valence-corrected chi connectivity index (χ3v) is 4.83. The second kappa shape index (κ2) is 9.17. The second-order valence-corrected chi connectivity index (χ2v) is 8.28. The molecule has 1 atom stereocenters. The van der Waals surface area contributed by atoms with E-state index in [0.717, 1.165) is 0 Å². The molecule has 1 rings (SSSR count). The lowest BCUT2D eigenvalue weighted by molar-refractivity contribution is -0.151.